The number of hydrogen-bond acceptors (Lipinski definition) is 1. The lowest BCUT2D eigenvalue weighted by Crippen LogP contribution is -2.24. The lowest BCUT2D eigenvalue weighted by Gasteiger charge is -2.12. The number of benzene rings is 1. The Hall–Kier alpha value is -1.38. The van der Waals surface area contributed by atoms with Gasteiger partial charge in [-0.1, -0.05) is 18.2 Å². The van der Waals surface area contributed by atoms with Crippen molar-refractivity contribution in [1.82, 2.24) is 5.32 Å². The van der Waals surface area contributed by atoms with Crippen LogP contribution in [-0.4, -0.2) is 5.91 Å². The van der Waals surface area contributed by atoms with Crippen molar-refractivity contribution in [2.24, 2.45) is 0 Å². The van der Waals surface area contributed by atoms with Crippen LogP contribution in [0.1, 0.15) is 25.5 Å². The molecule has 0 aliphatic rings. The lowest BCUT2D eigenvalue weighted by molar-refractivity contribution is -0.119. The van der Waals surface area contributed by atoms with Crippen molar-refractivity contribution >= 4 is 5.91 Å². The summed E-state index contributed by atoms with van der Waals surface area (Å²) >= 11 is 0. The highest BCUT2D eigenvalue weighted by Gasteiger charge is 2.09. The average Bonchev–Trinajstić information content (AvgIpc) is 2.03. The Labute approximate surface area is 76.8 Å². The Bertz CT molecular complexity index is 312. The molecule has 0 saturated carbocycles. The van der Waals surface area contributed by atoms with Crippen LogP contribution in [0.15, 0.2) is 24.3 Å². The molecule has 0 fully saturated rings. The third-order valence-corrected chi connectivity index (χ3v) is 1.79. The van der Waals surface area contributed by atoms with Gasteiger partial charge in [0.2, 0.25) is 5.91 Å². The van der Waals surface area contributed by atoms with E-state index in [-0.39, 0.29) is 17.8 Å². The number of nitrogens with one attached hydrogen (secondary N) is 1. The van der Waals surface area contributed by atoms with Gasteiger partial charge in [-0.15, -0.1) is 0 Å². The molecule has 0 bridgehead atoms. The van der Waals surface area contributed by atoms with Gasteiger partial charge >= 0.3 is 0 Å². The molecule has 3 heteroatoms. The maximum absolute atomic E-state index is 13.1. The summed E-state index contributed by atoms with van der Waals surface area (Å²) in [7, 11) is 0. The maximum atomic E-state index is 13.1. The highest BCUT2D eigenvalue weighted by atomic mass is 19.1. The van der Waals surface area contributed by atoms with Gasteiger partial charge in [-0.2, -0.15) is 0 Å². The zero-order valence-electron chi connectivity index (χ0n) is 7.67. The number of carbonyl (C=O) groups excluding carboxylic acids is 1. The van der Waals surface area contributed by atoms with E-state index in [0.717, 1.165) is 0 Å². The van der Waals surface area contributed by atoms with E-state index in [1.54, 1.807) is 25.1 Å². The first-order chi connectivity index (χ1) is 6.11. The van der Waals surface area contributed by atoms with Crippen molar-refractivity contribution in [1.29, 1.82) is 0 Å². The molecule has 1 rings (SSSR count). The number of carbonyl (C=O) groups is 1. The number of amides is 1. The molecule has 0 aromatic heterocycles. The zero-order chi connectivity index (χ0) is 9.84. The second-order valence-electron chi connectivity index (χ2n) is 2.94. The summed E-state index contributed by atoms with van der Waals surface area (Å²) in [5.41, 5.74) is 0.512. The third kappa shape index (κ3) is 2.54. The topological polar surface area (TPSA) is 29.1 Å². The van der Waals surface area contributed by atoms with E-state index in [9.17, 15) is 9.18 Å². The van der Waals surface area contributed by atoms with Crippen molar-refractivity contribution in [2.45, 2.75) is 19.9 Å². The van der Waals surface area contributed by atoms with Gasteiger partial charge in [-0.25, -0.2) is 4.39 Å². The van der Waals surface area contributed by atoms with E-state index in [1.165, 1.54) is 13.0 Å². The monoisotopic (exact) mass is 181 g/mol. The van der Waals surface area contributed by atoms with Gasteiger partial charge in [0.15, 0.2) is 0 Å². The standard InChI is InChI=1S/C10H12FNO/c1-7(12-8(2)13)9-5-3-4-6-10(9)11/h3-7H,1-2H3,(H,12,13)/t7-/m0/s1. The largest absolute Gasteiger partial charge is 0.350 e. The summed E-state index contributed by atoms with van der Waals surface area (Å²) in [6.45, 7) is 3.16. The summed E-state index contributed by atoms with van der Waals surface area (Å²) in [5, 5.41) is 2.62. The lowest BCUT2D eigenvalue weighted by atomic mass is 10.1. The van der Waals surface area contributed by atoms with Crippen molar-refractivity contribution in [3.8, 4) is 0 Å². The molecule has 1 aromatic rings. The van der Waals surface area contributed by atoms with Crippen molar-refractivity contribution < 1.29 is 9.18 Å². The van der Waals surface area contributed by atoms with Crippen molar-refractivity contribution in [2.75, 3.05) is 0 Å². The molecular weight excluding hydrogens is 169 g/mol. The van der Waals surface area contributed by atoms with Crippen LogP contribution in [0.25, 0.3) is 0 Å². The smallest absolute Gasteiger partial charge is 0.217 e. The van der Waals surface area contributed by atoms with Crippen LogP contribution in [-0.2, 0) is 4.79 Å². The van der Waals surface area contributed by atoms with Gasteiger partial charge in [-0.05, 0) is 13.0 Å². The minimum absolute atomic E-state index is 0.157. The molecule has 0 heterocycles. The van der Waals surface area contributed by atoms with Gasteiger partial charge in [0.1, 0.15) is 5.82 Å². The number of rotatable bonds is 2. The quantitative estimate of drug-likeness (QED) is 0.743. The van der Waals surface area contributed by atoms with Crippen LogP contribution < -0.4 is 5.32 Å². The summed E-state index contributed by atoms with van der Waals surface area (Å²) in [5.74, 6) is -0.445. The van der Waals surface area contributed by atoms with Gasteiger partial charge in [-0.3, -0.25) is 4.79 Å². The minimum Gasteiger partial charge on any atom is -0.350 e. The van der Waals surface area contributed by atoms with Crippen LogP contribution in [0.2, 0.25) is 0 Å². The Morgan fingerprint density at radius 2 is 2.08 bits per heavy atom. The second kappa shape index (κ2) is 4.03. The molecular formula is C10H12FNO. The molecule has 1 amide bonds. The Morgan fingerprint density at radius 3 is 2.62 bits per heavy atom. The molecule has 2 nitrogen and oxygen atoms in total. The molecule has 1 N–H and O–H groups in total. The predicted octanol–water partition coefficient (Wildman–Crippen LogP) is 2.02. The van der Waals surface area contributed by atoms with E-state index in [1.807, 2.05) is 0 Å². The Balaban J connectivity index is 2.82. The van der Waals surface area contributed by atoms with Crippen molar-refractivity contribution in [3.63, 3.8) is 0 Å². The molecule has 1 atom stereocenters. The maximum Gasteiger partial charge on any atom is 0.217 e. The van der Waals surface area contributed by atoms with E-state index < -0.39 is 0 Å². The van der Waals surface area contributed by atoms with Crippen LogP contribution >= 0.6 is 0 Å². The van der Waals surface area contributed by atoms with E-state index in [4.69, 9.17) is 0 Å². The van der Waals surface area contributed by atoms with Crippen LogP contribution in [0.5, 0.6) is 0 Å². The first-order valence-corrected chi connectivity index (χ1v) is 4.13. The fraction of sp³-hybridized carbons (Fsp3) is 0.300. The Kier molecular flexibility index (Phi) is 3.01. The molecule has 70 valence electrons. The van der Waals surface area contributed by atoms with E-state index >= 15 is 0 Å². The molecule has 1 aromatic carbocycles. The summed E-state index contributed by atoms with van der Waals surface area (Å²) in [4.78, 5) is 10.7. The number of hydrogen-bond donors (Lipinski definition) is 1. The average molecular weight is 181 g/mol. The molecule has 13 heavy (non-hydrogen) atoms. The van der Waals surface area contributed by atoms with Gasteiger partial charge in [0.25, 0.3) is 0 Å². The third-order valence-electron chi connectivity index (χ3n) is 1.79. The first kappa shape index (κ1) is 9.71. The van der Waals surface area contributed by atoms with Crippen LogP contribution in [0.3, 0.4) is 0 Å². The number of halogens is 1. The summed E-state index contributed by atoms with van der Waals surface area (Å²) < 4.78 is 13.1. The highest BCUT2D eigenvalue weighted by Crippen LogP contribution is 2.15. The minimum atomic E-state index is -0.288. The Morgan fingerprint density at radius 1 is 1.46 bits per heavy atom. The fourth-order valence-corrected chi connectivity index (χ4v) is 1.21. The molecule has 0 spiro atoms. The van der Waals surface area contributed by atoms with Crippen LogP contribution in [0, 0.1) is 5.82 Å². The van der Waals surface area contributed by atoms with Crippen LogP contribution in [0.4, 0.5) is 4.39 Å². The SMILES string of the molecule is CC(=O)N[C@@H](C)c1ccccc1F. The van der Waals surface area contributed by atoms with Crippen molar-refractivity contribution in [3.05, 3.63) is 35.6 Å². The molecule has 0 unspecified atom stereocenters. The second-order valence-corrected chi connectivity index (χ2v) is 2.94. The normalized spacial score (nSPS) is 12.2. The van der Waals surface area contributed by atoms with Gasteiger partial charge < -0.3 is 5.32 Å². The molecule has 0 aliphatic heterocycles. The van der Waals surface area contributed by atoms with E-state index in [0.29, 0.717) is 5.56 Å². The predicted molar refractivity (Wildman–Crippen MR) is 48.6 cm³/mol. The molecule has 0 radical (unpaired) electrons. The first-order valence-electron chi connectivity index (χ1n) is 4.13. The molecule has 0 saturated heterocycles. The fourth-order valence-electron chi connectivity index (χ4n) is 1.21. The van der Waals surface area contributed by atoms with E-state index in [2.05, 4.69) is 5.32 Å². The summed E-state index contributed by atoms with van der Waals surface area (Å²) in [6, 6.07) is 6.14. The zero-order valence-corrected chi connectivity index (χ0v) is 7.67. The summed E-state index contributed by atoms with van der Waals surface area (Å²) in [6.07, 6.45) is 0. The van der Waals surface area contributed by atoms with Gasteiger partial charge in [0, 0.05) is 12.5 Å². The van der Waals surface area contributed by atoms with Gasteiger partial charge in [0.05, 0.1) is 6.04 Å². The highest BCUT2D eigenvalue weighted by molar-refractivity contribution is 5.73. The molecule has 0 aliphatic carbocycles.